The van der Waals surface area contributed by atoms with Crippen molar-refractivity contribution in [3.63, 3.8) is 0 Å². The first kappa shape index (κ1) is 8.50. The quantitative estimate of drug-likeness (QED) is 0.268. The first-order valence-corrected chi connectivity index (χ1v) is 2.71. The van der Waals surface area contributed by atoms with Gasteiger partial charge in [0.15, 0.2) is 5.76 Å². The largest absolute Gasteiger partial charge is 0.502 e. The first-order valence-electron chi connectivity index (χ1n) is 2.71. The van der Waals surface area contributed by atoms with Crippen LogP contribution in [0.4, 0.5) is 0 Å². The minimum Gasteiger partial charge on any atom is -0.502 e. The van der Waals surface area contributed by atoms with Crippen LogP contribution in [0.15, 0.2) is 11.8 Å². The molecule has 0 aliphatic rings. The molecule has 0 fully saturated rings. The molecule has 54 valence electrons. The van der Waals surface area contributed by atoms with Crippen molar-refractivity contribution in [2.24, 2.45) is 0 Å². The third kappa shape index (κ3) is 2.72. The van der Waals surface area contributed by atoms with Crippen molar-refractivity contribution in [2.75, 3.05) is 0 Å². The number of ether oxygens (including phenoxy) is 1. The van der Waals surface area contributed by atoms with Crippen molar-refractivity contribution in [2.45, 2.75) is 13.3 Å². The van der Waals surface area contributed by atoms with Gasteiger partial charge in [0.1, 0.15) is 0 Å². The third-order valence-electron chi connectivity index (χ3n) is 0.745. The van der Waals surface area contributed by atoms with Crippen molar-refractivity contribution >= 4 is 5.97 Å². The molecule has 4 heteroatoms. The zero-order valence-corrected chi connectivity index (χ0v) is 5.50. The molecule has 0 aromatic heterocycles. The van der Waals surface area contributed by atoms with Crippen LogP contribution in [-0.4, -0.2) is 11.1 Å². The number of allylic oxidation sites excluding steroid dienone is 1. The summed E-state index contributed by atoms with van der Waals surface area (Å²) in [6.45, 7) is 1.75. The Bertz CT molecular complexity index is 190. The molecular weight excluding hydrogens is 134 g/mol. The van der Waals surface area contributed by atoms with E-state index in [4.69, 9.17) is 10.4 Å². The number of carbonyl (C=O) groups excluding carboxylic acids is 1. The fraction of sp³-hybridized carbons (Fsp3) is 0.333. The monoisotopic (exact) mass is 141 g/mol. The molecule has 0 aliphatic heterocycles. The minimum absolute atomic E-state index is 0.520. The van der Waals surface area contributed by atoms with E-state index >= 15 is 0 Å². The zero-order chi connectivity index (χ0) is 7.98. The van der Waals surface area contributed by atoms with Gasteiger partial charge in [0.25, 0.3) is 6.26 Å². The van der Waals surface area contributed by atoms with Gasteiger partial charge in [-0.1, -0.05) is 6.92 Å². The van der Waals surface area contributed by atoms with Gasteiger partial charge in [0.05, 0.1) is 0 Å². The van der Waals surface area contributed by atoms with Gasteiger partial charge in [-0.25, -0.2) is 4.79 Å². The van der Waals surface area contributed by atoms with Crippen LogP contribution in [0.3, 0.4) is 0 Å². The standard InChI is InChI=1S/C6H7NO3/c1-2-3-5(8)6(9)10-4-7/h3,8H,2H2,1H3. The Morgan fingerprint density at radius 1 is 1.90 bits per heavy atom. The van der Waals surface area contributed by atoms with E-state index in [2.05, 4.69) is 4.74 Å². The predicted octanol–water partition coefficient (Wildman–Crippen LogP) is 0.863. The topological polar surface area (TPSA) is 70.3 Å². The maximum Gasteiger partial charge on any atom is 0.388 e. The Hall–Kier alpha value is -1.50. The molecule has 0 saturated heterocycles. The van der Waals surface area contributed by atoms with Crippen LogP contribution in [0.2, 0.25) is 0 Å². The highest BCUT2D eigenvalue weighted by molar-refractivity contribution is 5.86. The predicted molar refractivity (Wildman–Crippen MR) is 32.7 cm³/mol. The van der Waals surface area contributed by atoms with E-state index in [0.29, 0.717) is 6.42 Å². The number of carbonyl (C=O) groups is 1. The molecule has 0 unspecified atom stereocenters. The molecule has 4 nitrogen and oxygen atoms in total. The van der Waals surface area contributed by atoms with Crippen molar-refractivity contribution in [1.29, 1.82) is 5.26 Å². The normalized spacial score (nSPS) is 10.2. The Morgan fingerprint density at radius 3 is 2.90 bits per heavy atom. The summed E-state index contributed by atoms with van der Waals surface area (Å²) in [6.07, 6.45) is 2.94. The SMILES string of the molecule is CCC=C(O)C(=O)OC#N. The second-order valence-corrected chi connectivity index (χ2v) is 1.48. The molecule has 0 bridgehead atoms. The molecule has 0 radical (unpaired) electrons. The number of hydrogen-bond donors (Lipinski definition) is 1. The third-order valence-corrected chi connectivity index (χ3v) is 0.745. The number of aliphatic hydroxyl groups excluding tert-OH is 1. The molecule has 1 N–H and O–H groups in total. The Labute approximate surface area is 58.3 Å². The fourth-order valence-electron chi connectivity index (χ4n) is 0.370. The van der Waals surface area contributed by atoms with E-state index in [0.717, 1.165) is 6.26 Å². The number of aliphatic hydroxyl groups is 1. The lowest BCUT2D eigenvalue weighted by atomic mass is 10.4. The summed E-state index contributed by atoms with van der Waals surface area (Å²) in [6, 6.07) is 0. The van der Waals surface area contributed by atoms with Gasteiger partial charge in [0, 0.05) is 0 Å². The molecule has 0 aromatic rings. The summed E-state index contributed by atoms with van der Waals surface area (Å²) >= 11 is 0. The van der Waals surface area contributed by atoms with Gasteiger partial charge in [-0.2, -0.15) is 0 Å². The summed E-state index contributed by atoms with van der Waals surface area (Å²) < 4.78 is 3.80. The molecule has 0 spiro atoms. The van der Waals surface area contributed by atoms with Crippen LogP contribution in [0.1, 0.15) is 13.3 Å². The maximum absolute atomic E-state index is 10.4. The van der Waals surface area contributed by atoms with E-state index in [-0.39, 0.29) is 0 Å². The summed E-state index contributed by atoms with van der Waals surface area (Å²) in [5.74, 6) is -1.53. The average molecular weight is 141 g/mol. The first-order chi connectivity index (χ1) is 4.72. The van der Waals surface area contributed by atoms with E-state index in [9.17, 15) is 4.79 Å². The Morgan fingerprint density at radius 2 is 2.50 bits per heavy atom. The van der Waals surface area contributed by atoms with Gasteiger partial charge in [0.2, 0.25) is 0 Å². The number of nitrogens with zero attached hydrogens (tertiary/aromatic N) is 1. The molecule has 0 heterocycles. The summed E-state index contributed by atoms with van der Waals surface area (Å²) in [4.78, 5) is 10.4. The smallest absolute Gasteiger partial charge is 0.388 e. The fourth-order valence-corrected chi connectivity index (χ4v) is 0.370. The van der Waals surface area contributed by atoms with Crippen LogP contribution in [0.5, 0.6) is 0 Å². The zero-order valence-electron chi connectivity index (χ0n) is 5.50. The molecule has 0 saturated carbocycles. The number of hydrogen-bond acceptors (Lipinski definition) is 4. The molecule has 10 heavy (non-hydrogen) atoms. The number of rotatable bonds is 2. The summed E-state index contributed by atoms with van der Waals surface area (Å²) in [5.41, 5.74) is 0. The van der Waals surface area contributed by atoms with Crippen LogP contribution in [0, 0.1) is 11.5 Å². The van der Waals surface area contributed by atoms with E-state index in [1.54, 1.807) is 6.92 Å². The lowest BCUT2D eigenvalue weighted by Crippen LogP contribution is -2.02. The van der Waals surface area contributed by atoms with Gasteiger partial charge < -0.3 is 9.84 Å². The lowest BCUT2D eigenvalue weighted by Gasteiger charge is -1.91. The summed E-state index contributed by atoms with van der Waals surface area (Å²) in [7, 11) is 0. The lowest BCUT2D eigenvalue weighted by molar-refractivity contribution is -0.135. The van der Waals surface area contributed by atoms with Crippen molar-refractivity contribution < 1.29 is 14.6 Å². The number of esters is 1. The molecule has 0 amide bonds. The second kappa shape index (κ2) is 4.39. The minimum atomic E-state index is -1.01. The molecule has 0 aliphatic carbocycles. The highest BCUT2D eigenvalue weighted by atomic mass is 16.5. The molecule has 0 rings (SSSR count). The van der Waals surface area contributed by atoms with Gasteiger partial charge >= 0.3 is 5.97 Å². The molecule has 0 aromatic carbocycles. The van der Waals surface area contributed by atoms with E-state index in [1.807, 2.05) is 0 Å². The Balaban J connectivity index is 3.97. The van der Waals surface area contributed by atoms with E-state index < -0.39 is 11.7 Å². The maximum atomic E-state index is 10.4. The van der Waals surface area contributed by atoms with Gasteiger partial charge in [-0.05, 0) is 12.5 Å². The van der Waals surface area contributed by atoms with Crippen molar-refractivity contribution in [1.82, 2.24) is 0 Å². The molecule has 0 atom stereocenters. The Kier molecular flexibility index (Phi) is 3.73. The highest BCUT2D eigenvalue weighted by Gasteiger charge is 2.06. The van der Waals surface area contributed by atoms with Crippen LogP contribution in [-0.2, 0) is 9.53 Å². The van der Waals surface area contributed by atoms with Crippen LogP contribution in [0.25, 0.3) is 0 Å². The average Bonchev–Trinajstić information content (AvgIpc) is 1.89. The van der Waals surface area contributed by atoms with Gasteiger partial charge in [-0.15, -0.1) is 5.26 Å². The highest BCUT2D eigenvalue weighted by Crippen LogP contribution is 1.93. The van der Waals surface area contributed by atoms with Crippen molar-refractivity contribution in [3.8, 4) is 6.26 Å². The second-order valence-electron chi connectivity index (χ2n) is 1.48. The van der Waals surface area contributed by atoms with E-state index in [1.165, 1.54) is 6.08 Å². The van der Waals surface area contributed by atoms with Crippen LogP contribution < -0.4 is 0 Å². The molecular formula is C6H7NO3. The van der Waals surface area contributed by atoms with Crippen molar-refractivity contribution in [3.05, 3.63) is 11.8 Å². The van der Waals surface area contributed by atoms with Gasteiger partial charge in [-0.3, -0.25) is 0 Å². The number of nitriles is 1. The summed E-state index contributed by atoms with van der Waals surface area (Å²) in [5, 5.41) is 16.5. The van der Waals surface area contributed by atoms with Crippen LogP contribution >= 0.6 is 0 Å².